The molecule has 3 unspecified atom stereocenters. The Bertz CT molecular complexity index is 417. The average Bonchev–Trinajstić information content (AvgIpc) is 2.91. The summed E-state index contributed by atoms with van der Waals surface area (Å²) in [6.07, 6.45) is 5.32. The Kier molecular flexibility index (Phi) is 3.76. The molecule has 1 aliphatic carbocycles. The van der Waals surface area contributed by atoms with E-state index in [1.165, 1.54) is 24.8 Å². The zero-order valence-electron chi connectivity index (χ0n) is 11.6. The summed E-state index contributed by atoms with van der Waals surface area (Å²) in [6.45, 7) is 4.13. The molecule has 1 aliphatic heterocycles. The van der Waals surface area contributed by atoms with E-state index in [0.29, 0.717) is 23.9 Å². The second-order valence-electron chi connectivity index (χ2n) is 5.66. The van der Waals surface area contributed by atoms with Crippen molar-refractivity contribution in [1.29, 1.82) is 0 Å². The van der Waals surface area contributed by atoms with Crippen molar-refractivity contribution < 1.29 is 9.84 Å². The van der Waals surface area contributed by atoms with Gasteiger partial charge in [-0.2, -0.15) is 0 Å². The molecule has 0 bridgehead atoms. The van der Waals surface area contributed by atoms with Crippen LogP contribution in [0, 0.1) is 0 Å². The Hall–Kier alpha value is -1.06. The van der Waals surface area contributed by atoms with Crippen molar-refractivity contribution in [3.8, 4) is 5.75 Å². The molecule has 104 valence electrons. The monoisotopic (exact) mass is 261 g/mol. The summed E-state index contributed by atoms with van der Waals surface area (Å²) in [7, 11) is 0. The summed E-state index contributed by atoms with van der Waals surface area (Å²) in [5.41, 5.74) is 1.31. The highest BCUT2D eigenvalue weighted by molar-refractivity contribution is 5.28. The van der Waals surface area contributed by atoms with Gasteiger partial charge < -0.3 is 9.84 Å². The number of phenolic OH excluding ortho intramolecular Hbond substituents is 1. The number of hydrogen-bond donors (Lipinski definition) is 1. The fraction of sp³-hybridized carbons (Fsp3) is 0.625. The highest BCUT2D eigenvalue weighted by Gasteiger charge is 2.38. The molecule has 0 amide bonds. The number of phenols is 1. The number of aromatic hydroxyl groups is 1. The molecule has 1 saturated carbocycles. The van der Waals surface area contributed by atoms with Crippen LogP contribution in [0.1, 0.15) is 44.2 Å². The number of ether oxygens (including phenoxy) is 1. The fourth-order valence-electron chi connectivity index (χ4n) is 3.70. The van der Waals surface area contributed by atoms with E-state index in [-0.39, 0.29) is 0 Å². The number of fused-ring (bicyclic) bond motifs is 1. The molecular weight excluding hydrogens is 238 g/mol. The third kappa shape index (κ3) is 2.49. The lowest BCUT2D eigenvalue weighted by Gasteiger charge is -2.42. The van der Waals surface area contributed by atoms with E-state index in [0.717, 1.165) is 19.6 Å². The third-order valence-corrected chi connectivity index (χ3v) is 4.59. The first-order valence-electron chi connectivity index (χ1n) is 7.46. The fourth-order valence-corrected chi connectivity index (χ4v) is 3.70. The van der Waals surface area contributed by atoms with E-state index >= 15 is 0 Å². The predicted molar refractivity (Wildman–Crippen MR) is 75.2 cm³/mol. The second kappa shape index (κ2) is 5.51. The van der Waals surface area contributed by atoms with Gasteiger partial charge >= 0.3 is 0 Å². The summed E-state index contributed by atoms with van der Waals surface area (Å²) < 4.78 is 5.90. The Morgan fingerprint density at radius 3 is 2.84 bits per heavy atom. The van der Waals surface area contributed by atoms with Crippen molar-refractivity contribution in [2.24, 2.45) is 0 Å². The highest BCUT2D eigenvalue weighted by atomic mass is 16.5. The van der Waals surface area contributed by atoms with E-state index in [4.69, 9.17) is 4.74 Å². The van der Waals surface area contributed by atoms with Crippen molar-refractivity contribution in [2.45, 2.75) is 50.8 Å². The SMILES string of the molecule is CCC(c1ccc(O)cc1)N1CCOC2CCCC21. The summed E-state index contributed by atoms with van der Waals surface area (Å²) in [4.78, 5) is 2.63. The first-order chi connectivity index (χ1) is 9.29. The minimum absolute atomic E-state index is 0.347. The summed E-state index contributed by atoms with van der Waals surface area (Å²) >= 11 is 0. The maximum absolute atomic E-state index is 9.44. The first-order valence-corrected chi connectivity index (χ1v) is 7.46. The maximum Gasteiger partial charge on any atom is 0.115 e. The van der Waals surface area contributed by atoms with Crippen molar-refractivity contribution in [1.82, 2.24) is 4.90 Å². The van der Waals surface area contributed by atoms with Crippen molar-refractivity contribution >= 4 is 0 Å². The van der Waals surface area contributed by atoms with Crippen LogP contribution in [0.15, 0.2) is 24.3 Å². The van der Waals surface area contributed by atoms with E-state index in [1.54, 1.807) is 12.1 Å². The molecule has 1 saturated heterocycles. The van der Waals surface area contributed by atoms with Gasteiger partial charge in [0.15, 0.2) is 0 Å². The zero-order valence-corrected chi connectivity index (χ0v) is 11.6. The van der Waals surface area contributed by atoms with Crippen LogP contribution < -0.4 is 0 Å². The standard InChI is InChI=1S/C16H23NO2/c1-2-14(12-6-8-13(18)9-7-12)17-10-11-19-16-5-3-4-15(16)17/h6-9,14-16,18H,2-5,10-11H2,1H3. The van der Waals surface area contributed by atoms with Crippen LogP contribution in [0.2, 0.25) is 0 Å². The van der Waals surface area contributed by atoms with Crippen LogP contribution >= 0.6 is 0 Å². The lowest BCUT2D eigenvalue weighted by atomic mass is 9.98. The largest absolute Gasteiger partial charge is 0.508 e. The number of nitrogens with zero attached hydrogens (tertiary/aromatic N) is 1. The van der Waals surface area contributed by atoms with Crippen molar-refractivity contribution in [3.63, 3.8) is 0 Å². The van der Waals surface area contributed by atoms with Crippen LogP contribution in [0.5, 0.6) is 5.75 Å². The molecule has 3 atom stereocenters. The summed E-state index contributed by atoms with van der Waals surface area (Å²) in [5, 5.41) is 9.44. The van der Waals surface area contributed by atoms with Crippen LogP contribution in [0.3, 0.4) is 0 Å². The van der Waals surface area contributed by atoms with Gasteiger partial charge in [0.1, 0.15) is 5.75 Å². The maximum atomic E-state index is 9.44. The van der Waals surface area contributed by atoms with Gasteiger partial charge in [-0.15, -0.1) is 0 Å². The molecule has 3 heteroatoms. The minimum atomic E-state index is 0.347. The summed E-state index contributed by atoms with van der Waals surface area (Å²) in [5.74, 6) is 0.347. The Morgan fingerprint density at radius 1 is 1.32 bits per heavy atom. The molecular formula is C16H23NO2. The lowest BCUT2D eigenvalue weighted by molar-refractivity contribution is -0.0730. The molecule has 1 aromatic carbocycles. The normalized spacial score (nSPS) is 29.1. The number of morpholine rings is 1. The van der Waals surface area contributed by atoms with Gasteiger partial charge in [0, 0.05) is 18.6 Å². The molecule has 2 aliphatic rings. The van der Waals surface area contributed by atoms with Gasteiger partial charge in [-0.25, -0.2) is 0 Å². The van der Waals surface area contributed by atoms with Crippen molar-refractivity contribution in [2.75, 3.05) is 13.2 Å². The molecule has 19 heavy (non-hydrogen) atoms. The van der Waals surface area contributed by atoms with Crippen LogP contribution in [-0.4, -0.2) is 35.3 Å². The molecule has 3 nitrogen and oxygen atoms in total. The number of rotatable bonds is 3. The molecule has 1 aromatic rings. The first kappa shape index (κ1) is 12.9. The number of hydrogen-bond acceptors (Lipinski definition) is 3. The van der Waals surface area contributed by atoms with Crippen LogP contribution in [0.25, 0.3) is 0 Å². The number of benzene rings is 1. The molecule has 0 radical (unpaired) electrons. The third-order valence-electron chi connectivity index (χ3n) is 4.59. The molecule has 0 spiro atoms. The Morgan fingerprint density at radius 2 is 2.11 bits per heavy atom. The van der Waals surface area contributed by atoms with Crippen molar-refractivity contribution in [3.05, 3.63) is 29.8 Å². The van der Waals surface area contributed by atoms with E-state index in [1.807, 2.05) is 0 Å². The quantitative estimate of drug-likeness (QED) is 0.907. The van der Waals surface area contributed by atoms with E-state index in [2.05, 4.69) is 24.0 Å². The molecule has 1 heterocycles. The van der Waals surface area contributed by atoms with Crippen LogP contribution in [-0.2, 0) is 4.74 Å². The molecule has 3 rings (SSSR count). The van der Waals surface area contributed by atoms with Gasteiger partial charge in [0.05, 0.1) is 12.7 Å². The smallest absolute Gasteiger partial charge is 0.115 e. The molecule has 1 N–H and O–H groups in total. The predicted octanol–water partition coefficient (Wildman–Crippen LogP) is 3.10. The van der Waals surface area contributed by atoms with Gasteiger partial charge in [-0.3, -0.25) is 4.90 Å². The Balaban J connectivity index is 1.82. The Labute approximate surface area is 115 Å². The average molecular weight is 261 g/mol. The summed E-state index contributed by atoms with van der Waals surface area (Å²) in [6, 6.07) is 8.75. The molecule has 0 aromatic heterocycles. The van der Waals surface area contributed by atoms with Crippen LogP contribution in [0.4, 0.5) is 0 Å². The van der Waals surface area contributed by atoms with Gasteiger partial charge in [0.25, 0.3) is 0 Å². The van der Waals surface area contributed by atoms with Gasteiger partial charge in [-0.05, 0) is 43.4 Å². The van der Waals surface area contributed by atoms with Gasteiger partial charge in [-0.1, -0.05) is 19.1 Å². The van der Waals surface area contributed by atoms with E-state index < -0.39 is 0 Å². The molecule has 2 fully saturated rings. The lowest BCUT2D eigenvalue weighted by Crippen LogP contribution is -2.49. The minimum Gasteiger partial charge on any atom is -0.508 e. The second-order valence-corrected chi connectivity index (χ2v) is 5.66. The highest BCUT2D eigenvalue weighted by Crippen LogP contribution is 2.36. The van der Waals surface area contributed by atoms with E-state index in [9.17, 15) is 5.11 Å². The topological polar surface area (TPSA) is 32.7 Å². The zero-order chi connectivity index (χ0) is 13.2. The van der Waals surface area contributed by atoms with Gasteiger partial charge in [0.2, 0.25) is 0 Å².